The van der Waals surface area contributed by atoms with Crippen molar-refractivity contribution in [1.82, 2.24) is 19.4 Å². The number of carbonyl (C=O) groups is 1. The van der Waals surface area contributed by atoms with Crippen molar-refractivity contribution in [2.75, 3.05) is 18.4 Å². The molecule has 0 spiro atoms. The molecule has 0 unspecified atom stereocenters. The smallest absolute Gasteiger partial charge is 0.321 e. The van der Waals surface area contributed by atoms with Crippen LogP contribution >= 0.6 is 0 Å². The van der Waals surface area contributed by atoms with Crippen LogP contribution < -0.4 is 5.32 Å². The highest BCUT2D eigenvalue weighted by molar-refractivity contribution is 5.90. The minimum atomic E-state index is -0.608. The maximum absolute atomic E-state index is 12.6. The zero-order valence-corrected chi connectivity index (χ0v) is 15.7. The number of aromatic nitrogens is 3. The average Bonchev–Trinajstić information content (AvgIpc) is 3.40. The molecule has 0 radical (unpaired) electrons. The first-order valence-corrected chi connectivity index (χ1v) is 9.32. The first kappa shape index (κ1) is 18.2. The van der Waals surface area contributed by atoms with Gasteiger partial charge in [-0.2, -0.15) is 0 Å². The number of aliphatic hydroxyl groups excluding tert-OH is 1. The second-order valence-corrected chi connectivity index (χ2v) is 7.04. The summed E-state index contributed by atoms with van der Waals surface area (Å²) in [6, 6.07) is 7.33. The Bertz CT molecular complexity index is 929. The van der Waals surface area contributed by atoms with Crippen molar-refractivity contribution >= 4 is 11.7 Å². The van der Waals surface area contributed by atoms with E-state index in [1.54, 1.807) is 17.3 Å². The topological polar surface area (TPSA) is 96.4 Å². The van der Waals surface area contributed by atoms with Gasteiger partial charge in [0.25, 0.3) is 0 Å². The van der Waals surface area contributed by atoms with Crippen LogP contribution in [0.25, 0.3) is 11.3 Å². The molecule has 1 aliphatic heterocycles. The summed E-state index contributed by atoms with van der Waals surface area (Å²) in [5.74, 6) is 1.42. The number of aliphatic hydroxyl groups is 1. The van der Waals surface area contributed by atoms with Crippen molar-refractivity contribution < 1.29 is 14.3 Å². The molecule has 1 fully saturated rings. The van der Waals surface area contributed by atoms with Gasteiger partial charge in [-0.3, -0.25) is 0 Å². The molecular formula is C20H23N5O3. The van der Waals surface area contributed by atoms with E-state index < -0.39 is 6.10 Å². The number of urea groups is 1. The molecule has 1 aromatic carbocycles. The summed E-state index contributed by atoms with van der Waals surface area (Å²) in [5, 5.41) is 13.5. The van der Waals surface area contributed by atoms with Gasteiger partial charge in [-0.25, -0.2) is 14.8 Å². The van der Waals surface area contributed by atoms with Crippen LogP contribution in [0.5, 0.6) is 0 Å². The van der Waals surface area contributed by atoms with E-state index in [1.807, 2.05) is 42.1 Å². The predicted octanol–water partition coefficient (Wildman–Crippen LogP) is 3.05. The van der Waals surface area contributed by atoms with Gasteiger partial charge < -0.3 is 24.3 Å². The average molecular weight is 381 g/mol. The second kappa shape index (κ2) is 7.85. The van der Waals surface area contributed by atoms with Gasteiger partial charge >= 0.3 is 6.03 Å². The van der Waals surface area contributed by atoms with Crippen LogP contribution in [0.1, 0.15) is 24.8 Å². The van der Waals surface area contributed by atoms with E-state index in [-0.39, 0.29) is 11.9 Å². The molecular weight excluding hydrogens is 358 g/mol. The van der Waals surface area contributed by atoms with Gasteiger partial charge in [0, 0.05) is 43.8 Å². The zero-order valence-electron chi connectivity index (χ0n) is 15.7. The lowest BCUT2D eigenvalue weighted by atomic mass is 9.91. The van der Waals surface area contributed by atoms with Gasteiger partial charge in [0.05, 0.1) is 6.20 Å². The van der Waals surface area contributed by atoms with Crippen LogP contribution in [0.2, 0.25) is 0 Å². The molecule has 0 aliphatic carbocycles. The number of nitrogens with zero attached hydrogens (tertiary/aromatic N) is 4. The first-order valence-electron chi connectivity index (χ1n) is 9.32. The van der Waals surface area contributed by atoms with E-state index in [0.29, 0.717) is 30.4 Å². The van der Waals surface area contributed by atoms with Crippen molar-refractivity contribution in [3.05, 3.63) is 55.1 Å². The van der Waals surface area contributed by atoms with Crippen molar-refractivity contribution in [2.45, 2.75) is 18.9 Å². The largest absolute Gasteiger partial charge is 0.444 e. The molecule has 2 N–H and O–H groups in total. The number of piperidine rings is 1. The number of carbonyl (C=O) groups excluding carboxylic acids is 1. The summed E-state index contributed by atoms with van der Waals surface area (Å²) in [4.78, 5) is 22.6. The van der Waals surface area contributed by atoms with Gasteiger partial charge in [-0.15, -0.1) is 0 Å². The molecule has 1 atom stereocenters. The maximum atomic E-state index is 12.6. The third kappa shape index (κ3) is 3.77. The minimum Gasteiger partial charge on any atom is -0.444 e. The highest BCUT2D eigenvalue weighted by atomic mass is 16.3. The number of amides is 2. The maximum Gasteiger partial charge on any atom is 0.321 e. The summed E-state index contributed by atoms with van der Waals surface area (Å²) in [6.45, 7) is 1.19. The number of oxazole rings is 1. The summed E-state index contributed by atoms with van der Waals surface area (Å²) >= 11 is 0. The van der Waals surface area contributed by atoms with E-state index >= 15 is 0 Å². The fourth-order valence-corrected chi connectivity index (χ4v) is 3.60. The second-order valence-electron chi connectivity index (χ2n) is 7.04. The normalized spacial score (nSPS) is 16.1. The van der Waals surface area contributed by atoms with Gasteiger partial charge in [-0.05, 0) is 30.9 Å². The lowest BCUT2D eigenvalue weighted by Gasteiger charge is -2.34. The predicted molar refractivity (Wildman–Crippen MR) is 103 cm³/mol. The lowest BCUT2D eigenvalue weighted by molar-refractivity contribution is 0.0600. The Hall–Kier alpha value is -3.13. The molecule has 0 saturated carbocycles. The molecule has 28 heavy (non-hydrogen) atoms. The molecule has 4 rings (SSSR count). The summed E-state index contributed by atoms with van der Waals surface area (Å²) < 4.78 is 7.14. The Morgan fingerprint density at radius 1 is 1.36 bits per heavy atom. The van der Waals surface area contributed by atoms with Crippen LogP contribution in [0.15, 0.2) is 53.7 Å². The first-order chi connectivity index (χ1) is 13.6. The van der Waals surface area contributed by atoms with E-state index in [1.165, 1.54) is 6.39 Å². The molecule has 2 amide bonds. The summed E-state index contributed by atoms with van der Waals surface area (Å²) in [7, 11) is 1.88. The number of hydrogen-bond acceptors (Lipinski definition) is 5. The third-order valence-electron chi connectivity index (χ3n) is 5.23. The van der Waals surface area contributed by atoms with E-state index in [4.69, 9.17) is 4.42 Å². The van der Waals surface area contributed by atoms with Gasteiger partial charge in [0.15, 0.2) is 12.2 Å². The van der Waals surface area contributed by atoms with Crippen molar-refractivity contribution in [3.63, 3.8) is 0 Å². The van der Waals surface area contributed by atoms with Crippen molar-refractivity contribution in [3.8, 4) is 11.3 Å². The molecule has 8 nitrogen and oxygen atoms in total. The number of hydrogen-bond donors (Lipinski definition) is 2. The number of nitrogens with one attached hydrogen (secondary N) is 1. The molecule has 3 heterocycles. The van der Waals surface area contributed by atoms with Crippen LogP contribution in [0.4, 0.5) is 10.5 Å². The molecule has 3 aromatic rings. The van der Waals surface area contributed by atoms with Crippen molar-refractivity contribution in [1.29, 1.82) is 0 Å². The minimum absolute atomic E-state index is 0.0972. The number of benzene rings is 1. The monoisotopic (exact) mass is 381 g/mol. The van der Waals surface area contributed by atoms with E-state index in [0.717, 1.165) is 18.4 Å². The Kier molecular flexibility index (Phi) is 5.12. The van der Waals surface area contributed by atoms with Crippen LogP contribution in [-0.4, -0.2) is 43.7 Å². The number of rotatable bonds is 4. The Morgan fingerprint density at radius 2 is 2.18 bits per heavy atom. The fourth-order valence-electron chi connectivity index (χ4n) is 3.60. The third-order valence-corrected chi connectivity index (χ3v) is 5.23. The zero-order chi connectivity index (χ0) is 19.5. The van der Waals surface area contributed by atoms with Gasteiger partial charge in [0.1, 0.15) is 11.9 Å². The Balaban J connectivity index is 1.34. The molecule has 1 saturated heterocycles. The number of imidazole rings is 1. The van der Waals surface area contributed by atoms with Crippen LogP contribution in [0, 0.1) is 5.92 Å². The van der Waals surface area contributed by atoms with E-state index in [2.05, 4.69) is 15.3 Å². The van der Waals surface area contributed by atoms with Crippen LogP contribution in [-0.2, 0) is 7.05 Å². The van der Waals surface area contributed by atoms with E-state index in [9.17, 15) is 9.90 Å². The number of likely N-dealkylation sites (tertiary alicyclic amines) is 1. The summed E-state index contributed by atoms with van der Waals surface area (Å²) in [6.07, 6.45) is 7.40. The Labute approximate surface area is 162 Å². The SMILES string of the molecule is Cn1ccnc1[C@H](O)C1CCN(C(=O)Nc2cccc(-c3cnco3)c2)CC1. The van der Waals surface area contributed by atoms with Gasteiger partial charge in [-0.1, -0.05) is 12.1 Å². The summed E-state index contributed by atoms with van der Waals surface area (Å²) in [5.41, 5.74) is 1.56. The molecule has 0 bridgehead atoms. The Morgan fingerprint density at radius 3 is 2.86 bits per heavy atom. The molecule has 2 aromatic heterocycles. The van der Waals surface area contributed by atoms with Crippen LogP contribution in [0.3, 0.4) is 0 Å². The standard InChI is InChI=1S/C20H23N5O3/c1-24-10-7-22-19(24)18(26)14-5-8-25(9-6-14)20(27)23-16-4-2-3-15(11-16)17-12-21-13-28-17/h2-4,7,10-14,18,26H,5-6,8-9H2,1H3,(H,23,27)/t18-/m1/s1. The quantitative estimate of drug-likeness (QED) is 0.724. The highest BCUT2D eigenvalue weighted by Gasteiger charge is 2.30. The molecule has 8 heteroatoms. The van der Waals surface area contributed by atoms with Gasteiger partial charge in [0.2, 0.25) is 0 Å². The molecule has 146 valence electrons. The van der Waals surface area contributed by atoms with Crippen molar-refractivity contribution in [2.24, 2.45) is 13.0 Å². The lowest BCUT2D eigenvalue weighted by Crippen LogP contribution is -2.42. The number of aryl methyl sites for hydroxylation is 1. The number of anilines is 1. The fraction of sp³-hybridized carbons (Fsp3) is 0.350. The molecule has 1 aliphatic rings. The highest BCUT2D eigenvalue weighted by Crippen LogP contribution is 2.30.